The summed E-state index contributed by atoms with van der Waals surface area (Å²) in [5, 5.41) is 4.48. The molecule has 3 fully saturated rings. The lowest BCUT2D eigenvalue weighted by Gasteiger charge is -2.20. The number of hydrogen-bond acceptors (Lipinski definition) is 3. The van der Waals surface area contributed by atoms with Crippen molar-refractivity contribution in [2.75, 3.05) is 26.2 Å². The molecule has 4 nitrogen and oxygen atoms in total. The van der Waals surface area contributed by atoms with Crippen molar-refractivity contribution in [3.63, 3.8) is 0 Å². The van der Waals surface area contributed by atoms with Crippen molar-refractivity contribution in [2.45, 2.75) is 32.6 Å². The molecule has 4 heteroatoms. The lowest BCUT2D eigenvalue weighted by atomic mass is 10.00. The van der Waals surface area contributed by atoms with Crippen LogP contribution in [0.3, 0.4) is 0 Å². The molecule has 2 aliphatic heterocycles. The van der Waals surface area contributed by atoms with Crippen LogP contribution in [0, 0.1) is 25.7 Å². The molecule has 130 valence electrons. The minimum atomic E-state index is 0.203. The van der Waals surface area contributed by atoms with Crippen LogP contribution in [0.2, 0.25) is 0 Å². The first-order chi connectivity index (χ1) is 12.1. The first-order valence-electron chi connectivity index (χ1n) is 9.52. The van der Waals surface area contributed by atoms with Gasteiger partial charge in [-0.1, -0.05) is 11.6 Å². The van der Waals surface area contributed by atoms with Gasteiger partial charge in [0, 0.05) is 43.2 Å². The van der Waals surface area contributed by atoms with Gasteiger partial charge < -0.3 is 10.2 Å². The number of aryl methyl sites for hydroxylation is 2. The fraction of sp³-hybridized carbons (Fsp3) is 0.524. The summed E-state index contributed by atoms with van der Waals surface area (Å²) in [6.45, 7) is 8.10. The smallest absolute Gasteiger partial charge is 0.254 e. The predicted octanol–water partition coefficient (Wildman–Crippen LogP) is 3.02. The van der Waals surface area contributed by atoms with E-state index in [1.54, 1.807) is 0 Å². The van der Waals surface area contributed by atoms with Gasteiger partial charge in [0.25, 0.3) is 5.91 Å². The highest BCUT2D eigenvalue weighted by atomic mass is 16.2. The number of nitrogens with one attached hydrogen (secondary N) is 1. The van der Waals surface area contributed by atoms with Gasteiger partial charge in [-0.25, -0.2) is 0 Å². The molecule has 3 aliphatic rings. The van der Waals surface area contributed by atoms with Crippen molar-refractivity contribution in [3.05, 3.63) is 40.6 Å². The molecule has 3 heterocycles. The Kier molecular flexibility index (Phi) is 3.39. The highest BCUT2D eigenvalue weighted by molar-refractivity contribution is 6.07. The van der Waals surface area contributed by atoms with Crippen molar-refractivity contribution < 1.29 is 4.79 Å². The second-order valence-corrected chi connectivity index (χ2v) is 8.24. The van der Waals surface area contributed by atoms with Crippen molar-refractivity contribution in [2.24, 2.45) is 11.8 Å². The Balaban J connectivity index is 1.60. The number of amides is 1. The number of benzene rings is 1. The number of rotatable bonds is 2. The van der Waals surface area contributed by atoms with Crippen LogP contribution in [0.1, 0.15) is 45.9 Å². The Morgan fingerprint density at radius 1 is 1.12 bits per heavy atom. The maximum atomic E-state index is 13.4. The van der Waals surface area contributed by atoms with Gasteiger partial charge >= 0.3 is 0 Å². The minimum Gasteiger partial charge on any atom is -0.338 e. The van der Waals surface area contributed by atoms with Crippen LogP contribution in [0.25, 0.3) is 10.9 Å². The average molecular weight is 335 g/mol. The first-order valence-corrected chi connectivity index (χ1v) is 9.52. The monoisotopic (exact) mass is 335 g/mol. The molecule has 2 aromatic rings. The van der Waals surface area contributed by atoms with E-state index in [0.29, 0.717) is 17.8 Å². The zero-order chi connectivity index (χ0) is 17.1. The average Bonchev–Trinajstić information content (AvgIpc) is 3.21. The quantitative estimate of drug-likeness (QED) is 0.917. The van der Waals surface area contributed by atoms with Gasteiger partial charge in [-0.3, -0.25) is 9.78 Å². The SMILES string of the molecule is Cc1cc(C)c2nc(C3CC3)cc(C(=O)N3C[C@H]4CNC[C@H]4C3)c2c1. The molecule has 0 unspecified atom stereocenters. The molecular formula is C21H25N3O. The number of hydrogen-bond donors (Lipinski definition) is 1. The number of fused-ring (bicyclic) bond motifs is 2. The van der Waals surface area contributed by atoms with E-state index in [2.05, 4.69) is 42.3 Å². The Hall–Kier alpha value is -1.94. The molecule has 1 aromatic carbocycles. The highest BCUT2D eigenvalue weighted by Crippen LogP contribution is 2.41. The summed E-state index contributed by atoms with van der Waals surface area (Å²) in [6, 6.07) is 6.40. The minimum absolute atomic E-state index is 0.203. The summed E-state index contributed by atoms with van der Waals surface area (Å²) in [5.41, 5.74) is 5.37. The summed E-state index contributed by atoms with van der Waals surface area (Å²) in [4.78, 5) is 20.4. The van der Waals surface area contributed by atoms with E-state index in [9.17, 15) is 4.79 Å². The van der Waals surface area contributed by atoms with Crippen LogP contribution in [0.15, 0.2) is 18.2 Å². The van der Waals surface area contributed by atoms with Crippen molar-refractivity contribution >= 4 is 16.8 Å². The second-order valence-electron chi connectivity index (χ2n) is 8.24. The topological polar surface area (TPSA) is 45.2 Å². The third kappa shape index (κ3) is 2.54. The standard InChI is InChI=1S/C21H25N3O/c1-12-5-13(2)20-17(6-12)18(7-19(23-20)14-3-4-14)21(25)24-10-15-8-22-9-16(15)11-24/h5-7,14-16,22H,3-4,8-11H2,1-2H3/t15-,16+. The number of nitrogens with zero attached hydrogens (tertiary/aromatic N) is 2. The molecule has 25 heavy (non-hydrogen) atoms. The molecular weight excluding hydrogens is 310 g/mol. The lowest BCUT2D eigenvalue weighted by molar-refractivity contribution is 0.0783. The lowest BCUT2D eigenvalue weighted by Crippen LogP contribution is -2.32. The summed E-state index contributed by atoms with van der Waals surface area (Å²) >= 11 is 0. The van der Waals surface area contributed by atoms with Crippen molar-refractivity contribution in [3.8, 4) is 0 Å². The molecule has 5 rings (SSSR count). The zero-order valence-electron chi connectivity index (χ0n) is 15.0. The van der Waals surface area contributed by atoms with Crippen LogP contribution in [-0.4, -0.2) is 42.0 Å². The van der Waals surface area contributed by atoms with Gasteiger partial charge in [0.2, 0.25) is 0 Å². The van der Waals surface area contributed by atoms with E-state index in [1.807, 2.05) is 0 Å². The van der Waals surface area contributed by atoms with Crippen LogP contribution >= 0.6 is 0 Å². The van der Waals surface area contributed by atoms with Gasteiger partial charge in [0.15, 0.2) is 0 Å². The summed E-state index contributed by atoms with van der Waals surface area (Å²) in [6.07, 6.45) is 2.41. The zero-order valence-corrected chi connectivity index (χ0v) is 15.0. The van der Waals surface area contributed by atoms with E-state index < -0.39 is 0 Å². The Morgan fingerprint density at radius 3 is 2.52 bits per heavy atom. The second kappa shape index (κ2) is 5.53. The molecule has 1 amide bonds. The number of carbonyl (C=O) groups excluding carboxylic acids is 1. The van der Waals surface area contributed by atoms with Crippen molar-refractivity contribution in [1.82, 2.24) is 15.2 Å². The Bertz CT molecular complexity index is 859. The fourth-order valence-corrected chi connectivity index (χ4v) is 4.66. The highest BCUT2D eigenvalue weighted by Gasteiger charge is 2.39. The molecule has 2 saturated heterocycles. The Morgan fingerprint density at radius 2 is 1.84 bits per heavy atom. The van der Waals surface area contributed by atoms with E-state index >= 15 is 0 Å². The third-order valence-corrected chi connectivity index (χ3v) is 6.17. The molecule has 0 bridgehead atoms. The summed E-state index contributed by atoms with van der Waals surface area (Å²) < 4.78 is 0. The number of pyridine rings is 1. The maximum Gasteiger partial charge on any atom is 0.254 e. The number of carbonyl (C=O) groups is 1. The van der Waals surface area contributed by atoms with E-state index in [0.717, 1.165) is 48.3 Å². The fourth-order valence-electron chi connectivity index (χ4n) is 4.66. The molecule has 1 saturated carbocycles. The molecule has 0 radical (unpaired) electrons. The first kappa shape index (κ1) is 15.3. The van der Waals surface area contributed by atoms with E-state index in [4.69, 9.17) is 4.98 Å². The Labute approximate surface area is 148 Å². The molecule has 2 atom stereocenters. The molecule has 0 spiro atoms. The van der Waals surface area contributed by atoms with Crippen LogP contribution in [0.5, 0.6) is 0 Å². The summed E-state index contributed by atoms with van der Waals surface area (Å²) in [7, 11) is 0. The van der Waals surface area contributed by atoms with Crippen molar-refractivity contribution in [1.29, 1.82) is 0 Å². The molecule has 1 N–H and O–H groups in total. The number of aromatic nitrogens is 1. The van der Waals surface area contributed by atoms with Gasteiger partial charge in [-0.2, -0.15) is 0 Å². The van der Waals surface area contributed by atoms with Crippen LogP contribution in [-0.2, 0) is 0 Å². The molecule has 1 aliphatic carbocycles. The number of likely N-dealkylation sites (tertiary alicyclic amines) is 1. The normalized spacial score (nSPS) is 25.6. The largest absolute Gasteiger partial charge is 0.338 e. The van der Waals surface area contributed by atoms with Gasteiger partial charge in [-0.05, 0) is 56.2 Å². The van der Waals surface area contributed by atoms with E-state index in [1.165, 1.54) is 24.0 Å². The van der Waals surface area contributed by atoms with Gasteiger partial charge in [0.05, 0.1) is 11.1 Å². The summed E-state index contributed by atoms with van der Waals surface area (Å²) in [5.74, 6) is 2.01. The molecule has 1 aromatic heterocycles. The van der Waals surface area contributed by atoms with Crippen LogP contribution in [0.4, 0.5) is 0 Å². The van der Waals surface area contributed by atoms with Gasteiger partial charge in [-0.15, -0.1) is 0 Å². The maximum absolute atomic E-state index is 13.4. The van der Waals surface area contributed by atoms with Gasteiger partial charge in [0.1, 0.15) is 0 Å². The predicted molar refractivity (Wildman–Crippen MR) is 98.9 cm³/mol. The third-order valence-electron chi connectivity index (χ3n) is 6.17. The van der Waals surface area contributed by atoms with E-state index in [-0.39, 0.29) is 5.91 Å². The van der Waals surface area contributed by atoms with Crippen LogP contribution < -0.4 is 5.32 Å².